The highest BCUT2D eigenvalue weighted by atomic mass is 35.5. The molecule has 2 aromatic carbocycles. The second kappa shape index (κ2) is 6.73. The Labute approximate surface area is 156 Å². The molecule has 0 atom stereocenters. The van der Waals surface area contributed by atoms with Gasteiger partial charge in [-0.1, -0.05) is 54.6 Å². The van der Waals surface area contributed by atoms with Gasteiger partial charge in [-0.05, 0) is 31.5 Å². The van der Waals surface area contributed by atoms with Gasteiger partial charge < -0.3 is 4.42 Å². The molecule has 128 valence electrons. The summed E-state index contributed by atoms with van der Waals surface area (Å²) in [6.07, 6.45) is 4.02. The second-order valence-corrected chi connectivity index (χ2v) is 6.21. The minimum absolute atomic E-state index is 0.165. The average molecular weight is 362 g/mol. The molecule has 0 radical (unpaired) electrons. The maximum absolute atomic E-state index is 6.21. The van der Waals surface area contributed by atoms with E-state index >= 15 is 0 Å². The third kappa shape index (κ3) is 2.89. The molecule has 0 N–H and O–H groups in total. The maximum atomic E-state index is 6.21. The van der Waals surface area contributed by atoms with Crippen LogP contribution in [0.5, 0.6) is 0 Å². The van der Waals surface area contributed by atoms with Gasteiger partial charge in [0, 0.05) is 22.1 Å². The molecule has 0 fully saturated rings. The summed E-state index contributed by atoms with van der Waals surface area (Å²) in [5, 5.41) is 1.14. The van der Waals surface area contributed by atoms with Crippen molar-refractivity contribution >= 4 is 28.6 Å². The van der Waals surface area contributed by atoms with Crippen molar-refractivity contribution in [1.29, 1.82) is 0 Å². The molecule has 4 aromatic rings. The lowest BCUT2D eigenvalue weighted by atomic mass is 10.0. The Hall–Kier alpha value is -2.98. The largest absolute Gasteiger partial charge is 0.461 e. The maximum Gasteiger partial charge on any atom is 0.226 e. The van der Waals surface area contributed by atoms with Crippen LogP contribution in [0.1, 0.15) is 18.2 Å². The summed E-state index contributed by atoms with van der Waals surface area (Å²) < 4.78 is 5.90. The minimum atomic E-state index is 0.165. The summed E-state index contributed by atoms with van der Waals surface area (Å²) in [4.78, 5) is 13.3. The number of hydrogen-bond acceptors (Lipinski definition) is 4. The molecule has 5 heteroatoms. The Kier molecular flexibility index (Phi) is 4.27. The van der Waals surface area contributed by atoms with E-state index < -0.39 is 0 Å². The SMILES string of the molecule is C/C=C\c1c(C)oc2cccc(-c3nc(Cl)nc(-c4ccccc4)n3)c12. The lowest BCUT2D eigenvalue weighted by Crippen LogP contribution is -1.97. The quantitative estimate of drug-likeness (QED) is 0.452. The summed E-state index contributed by atoms with van der Waals surface area (Å²) >= 11 is 6.21. The van der Waals surface area contributed by atoms with Crippen LogP contribution in [-0.4, -0.2) is 15.0 Å². The van der Waals surface area contributed by atoms with Crippen LogP contribution in [0.2, 0.25) is 5.28 Å². The Morgan fingerprint density at radius 1 is 0.923 bits per heavy atom. The van der Waals surface area contributed by atoms with E-state index in [0.29, 0.717) is 11.6 Å². The number of fused-ring (bicyclic) bond motifs is 1. The predicted molar refractivity (Wildman–Crippen MR) is 105 cm³/mol. The number of aryl methyl sites for hydroxylation is 1. The fourth-order valence-corrected chi connectivity index (χ4v) is 3.19. The van der Waals surface area contributed by atoms with Gasteiger partial charge in [-0.2, -0.15) is 9.97 Å². The Morgan fingerprint density at radius 2 is 1.69 bits per heavy atom. The topological polar surface area (TPSA) is 51.8 Å². The first-order valence-corrected chi connectivity index (χ1v) is 8.67. The molecule has 0 unspecified atom stereocenters. The monoisotopic (exact) mass is 361 g/mol. The summed E-state index contributed by atoms with van der Waals surface area (Å²) in [7, 11) is 0. The fraction of sp³-hybridized carbons (Fsp3) is 0.0952. The van der Waals surface area contributed by atoms with Crippen molar-refractivity contribution in [2.45, 2.75) is 13.8 Å². The third-order valence-corrected chi connectivity index (χ3v) is 4.32. The Morgan fingerprint density at radius 3 is 2.46 bits per heavy atom. The van der Waals surface area contributed by atoms with E-state index in [1.54, 1.807) is 0 Å². The number of aromatic nitrogens is 3. The first kappa shape index (κ1) is 16.5. The van der Waals surface area contributed by atoms with E-state index in [1.165, 1.54) is 0 Å². The van der Waals surface area contributed by atoms with Gasteiger partial charge in [-0.25, -0.2) is 4.98 Å². The van der Waals surface area contributed by atoms with Crippen molar-refractivity contribution in [3.8, 4) is 22.8 Å². The zero-order valence-electron chi connectivity index (χ0n) is 14.4. The summed E-state index contributed by atoms with van der Waals surface area (Å²) in [5.41, 5.74) is 3.58. The average Bonchev–Trinajstić information content (AvgIpc) is 2.98. The van der Waals surface area contributed by atoms with Crippen molar-refractivity contribution in [3.05, 3.63) is 71.2 Å². The zero-order valence-corrected chi connectivity index (χ0v) is 15.2. The van der Waals surface area contributed by atoms with Crippen LogP contribution in [0.4, 0.5) is 0 Å². The Balaban J connectivity index is 1.98. The van der Waals surface area contributed by atoms with Crippen LogP contribution < -0.4 is 0 Å². The van der Waals surface area contributed by atoms with Crippen molar-refractivity contribution < 1.29 is 4.42 Å². The van der Waals surface area contributed by atoms with E-state index in [1.807, 2.05) is 74.5 Å². The molecule has 0 bridgehead atoms. The van der Waals surface area contributed by atoms with Crippen molar-refractivity contribution in [3.63, 3.8) is 0 Å². The number of halogens is 1. The number of rotatable bonds is 3. The van der Waals surface area contributed by atoms with Crippen molar-refractivity contribution in [2.24, 2.45) is 0 Å². The van der Waals surface area contributed by atoms with Gasteiger partial charge in [-0.3, -0.25) is 0 Å². The zero-order chi connectivity index (χ0) is 18.1. The van der Waals surface area contributed by atoms with Crippen LogP contribution in [0.3, 0.4) is 0 Å². The van der Waals surface area contributed by atoms with Crippen LogP contribution in [0, 0.1) is 6.92 Å². The smallest absolute Gasteiger partial charge is 0.226 e. The molecular weight excluding hydrogens is 346 g/mol. The standard InChI is InChI=1S/C21H16ClN3O/c1-3-8-15-13(2)26-17-12-7-11-16(18(15)17)20-23-19(24-21(22)25-20)14-9-5-4-6-10-14/h3-12H,1-2H3/b8-3-. The molecule has 0 saturated carbocycles. The third-order valence-electron chi connectivity index (χ3n) is 4.15. The van der Waals surface area contributed by atoms with Crippen LogP contribution in [0.15, 0.2) is 59.0 Å². The number of allylic oxidation sites excluding steroid dienone is 1. The first-order valence-electron chi connectivity index (χ1n) is 8.29. The van der Waals surface area contributed by atoms with Crippen LogP contribution in [0.25, 0.3) is 39.8 Å². The summed E-state index contributed by atoms with van der Waals surface area (Å²) in [5.74, 6) is 1.93. The van der Waals surface area contributed by atoms with E-state index in [-0.39, 0.29) is 5.28 Å². The summed E-state index contributed by atoms with van der Waals surface area (Å²) in [6, 6.07) is 15.6. The minimum Gasteiger partial charge on any atom is -0.461 e. The molecule has 0 spiro atoms. The van der Waals surface area contributed by atoms with Crippen LogP contribution in [-0.2, 0) is 0 Å². The molecule has 0 aliphatic rings. The number of furan rings is 1. The highest BCUT2D eigenvalue weighted by Crippen LogP contribution is 2.35. The second-order valence-electron chi connectivity index (χ2n) is 5.87. The molecule has 0 amide bonds. The van der Waals surface area contributed by atoms with E-state index in [2.05, 4.69) is 15.0 Å². The number of hydrogen-bond donors (Lipinski definition) is 0. The molecule has 0 saturated heterocycles. The summed E-state index contributed by atoms with van der Waals surface area (Å²) in [6.45, 7) is 3.93. The molecule has 26 heavy (non-hydrogen) atoms. The first-order chi connectivity index (χ1) is 12.7. The highest BCUT2D eigenvalue weighted by molar-refractivity contribution is 6.28. The molecule has 4 nitrogen and oxygen atoms in total. The fourth-order valence-electron chi connectivity index (χ4n) is 3.03. The molecule has 0 aliphatic carbocycles. The Bertz CT molecular complexity index is 1120. The van der Waals surface area contributed by atoms with Gasteiger partial charge in [0.1, 0.15) is 11.3 Å². The van der Waals surface area contributed by atoms with E-state index in [9.17, 15) is 0 Å². The van der Waals surface area contributed by atoms with Crippen LogP contribution >= 0.6 is 11.6 Å². The van der Waals surface area contributed by atoms with E-state index in [4.69, 9.17) is 16.0 Å². The number of nitrogens with zero attached hydrogens (tertiary/aromatic N) is 3. The lowest BCUT2D eigenvalue weighted by Gasteiger charge is -2.06. The molecule has 4 rings (SSSR count). The lowest BCUT2D eigenvalue weighted by molar-refractivity contribution is 0.577. The van der Waals surface area contributed by atoms with E-state index in [0.717, 1.165) is 33.4 Å². The highest BCUT2D eigenvalue weighted by Gasteiger charge is 2.17. The molecule has 2 heterocycles. The van der Waals surface area contributed by atoms with Crippen molar-refractivity contribution in [1.82, 2.24) is 15.0 Å². The van der Waals surface area contributed by atoms with Gasteiger partial charge >= 0.3 is 0 Å². The van der Waals surface area contributed by atoms with Gasteiger partial charge in [-0.15, -0.1) is 0 Å². The molecule has 0 aliphatic heterocycles. The normalized spacial score (nSPS) is 11.5. The predicted octanol–water partition coefficient (Wildman–Crippen LogP) is 5.95. The molecular formula is C21H16ClN3O. The van der Waals surface area contributed by atoms with Gasteiger partial charge in [0.25, 0.3) is 0 Å². The van der Waals surface area contributed by atoms with Gasteiger partial charge in [0.2, 0.25) is 5.28 Å². The van der Waals surface area contributed by atoms with Crippen molar-refractivity contribution in [2.75, 3.05) is 0 Å². The van der Waals surface area contributed by atoms with Gasteiger partial charge in [0.15, 0.2) is 11.6 Å². The number of benzene rings is 2. The molecule has 2 aromatic heterocycles. The van der Waals surface area contributed by atoms with Gasteiger partial charge in [0.05, 0.1) is 0 Å².